The summed E-state index contributed by atoms with van der Waals surface area (Å²) in [5.41, 5.74) is 0.548. The van der Waals surface area contributed by atoms with Crippen LogP contribution >= 0.6 is 0 Å². The van der Waals surface area contributed by atoms with Gasteiger partial charge in [0.25, 0.3) is 6.43 Å². The maximum atomic E-state index is 12.7. The molecule has 3 aromatic heterocycles. The van der Waals surface area contributed by atoms with Crippen molar-refractivity contribution in [3.05, 3.63) is 36.4 Å². The molecule has 2 aliphatic heterocycles. The summed E-state index contributed by atoms with van der Waals surface area (Å²) < 4.78 is 64.8. The van der Waals surface area contributed by atoms with Gasteiger partial charge in [-0.15, -0.1) is 0 Å². The number of hydrogen-bond acceptors (Lipinski definition) is 6. The van der Waals surface area contributed by atoms with Crippen molar-refractivity contribution in [3.8, 4) is 0 Å². The van der Waals surface area contributed by atoms with Crippen LogP contribution in [0.4, 0.5) is 33.5 Å². The van der Waals surface area contributed by atoms with Crippen LogP contribution in [0.3, 0.4) is 0 Å². The maximum absolute atomic E-state index is 12.7. The number of nitrogens with zero attached hydrogens (tertiary/aromatic N) is 7. The fraction of sp³-hybridized carbons (Fsp3) is 0.474. The first kappa shape index (κ1) is 19.9. The zero-order valence-corrected chi connectivity index (χ0v) is 16.2. The molecule has 164 valence electrons. The van der Waals surface area contributed by atoms with E-state index in [1.807, 2.05) is 9.80 Å². The first-order chi connectivity index (χ1) is 14.7. The zero-order chi connectivity index (χ0) is 21.8. The lowest BCUT2D eigenvalue weighted by atomic mass is 9.79. The van der Waals surface area contributed by atoms with Gasteiger partial charge in [-0.3, -0.25) is 0 Å². The molecule has 5 heterocycles. The minimum absolute atomic E-state index is 0.00253. The van der Waals surface area contributed by atoms with Gasteiger partial charge < -0.3 is 9.80 Å². The molecule has 0 N–H and O–H groups in total. The van der Waals surface area contributed by atoms with Gasteiger partial charge in [0.1, 0.15) is 23.6 Å². The average Bonchev–Trinajstić information content (AvgIpc) is 3.31. The first-order valence-electron chi connectivity index (χ1n) is 9.72. The van der Waals surface area contributed by atoms with Crippen LogP contribution in [0.25, 0.3) is 11.2 Å². The predicted molar refractivity (Wildman–Crippen MR) is 102 cm³/mol. The van der Waals surface area contributed by atoms with Gasteiger partial charge in [0, 0.05) is 31.6 Å². The molecule has 2 saturated heterocycles. The summed E-state index contributed by atoms with van der Waals surface area (Å²) >= 11 is 0. The van der Waals surface area contributed by atoms with Crippen molar-refractivity contribution in [3.63, 3.8) is 0 Å². The number of fused-ring (bicyclic) bond motifs is 1. The van der Waals surface area contributed by atoms with E-state index in [1.54, 1.807) is 6.20 Å². The molecule has 5 rings (SSSR count). The van der Waals surface area contributed by atoms with E-state index in [-0.39, 0.29) is 5.41 Å². The molecule has 0 unspecified atom stereocenters. The van der Waals surface area contributed by atoms with Gasteiger partial charge in [-0.25, -0.2) is 28.4 Å². The largest absolute Gasteiger partial charge is 0.433 e. The third kappa shape index (κ3) is 3.63. The number of rotatable bonds is 4. The smallest absolute Gasteiger partial charge is 0.370 e. The fourth-order valence-corrected chi connectivity index (χ4v) is 4.34. The lowest BCUT2D eigenvalue weighted by Crippen LogP contribution is -2.58. The maximum Gasteiger partial charge on any atom is 0.433 e. The summed E-state index contributed by atoms with van der Waals surface area (Å²) in [6, 6.07) is 2.45. The van der Waals surface area contributed by atoms with Gasteiger partial charge in [-0.05, 0) is 18.6 Å². The highest BCUT2D eigenvalue weighted by atomic mass is 19.4. The summed E-state index contributed by atoms with van der Waals surface area (Å²) in [4.78, 5) is 16.4. The molecule has 0 atom stereocenters. The SMILES string of the molecule is FC(F)Cn1ncc2ncc(N3CC4(CCN(c5ccc(C(F)(F)F)nc5)C4)C3)nc21. The number of hydrogen-bond donors (Lipinski definition) is 0. The molecule has 1 spiro atoms. The van der Waals surface area contributed by atoms with Crippen molar-refractivity contribution in [1.29, 1.82) is 0 Å². The summed E-state index contributed by atoms with van der Waals surface area (Å²) in [5.74, 6) is 0.601. The topological polar surface area (TPSA) is 63.0 Å². The van der Waals surface area contributed by atoms with Gasteiger partial charge in [0.15, 0.2) is 5.65 Å². The number of pyridine rings is 1. The minimum atomic E-state index is -4.45. The van der Waals surface area contributed by atoms with Crippen molar-refractivity contribution < 1.29 is 22.0 Å². The van der Waals surface area contributed by atoms with Crippen LogP contribution in [0.1, 0.15) is 12.1 Å². The Kier molecular flexibility index (Phi) is 4.48. The van der Waals surface area contributed by atoms with Crippen LogP contribution in [0.2, 0.25) is 0 Å². The Morgan fingerprint density at radius 2 is 1.77 bits per heavy atom. The van der Waals surface area contributed by atoms with Crippen LogP contribution < -0.4 is 9.80 Å². The molecular weight excluding hydrogens is 421 g/mol. The number of aromatic nitrogens is 5. The highest BCUT2D eigenvalue weighted by Crippen LogP contribution is 2.42. The number of halogens is 5. The number of alkyl halides is 5. The van der Waals surface area contributed by atoms with E-state index in [4.69, 9.17) is 0 Å². The standard InChI is InChI=1S/C19H18F5N7/c20-15(21)8-31-17-13(6-27-31)25-7-16(28-17)30-10-18(11-30)3-4-29(9-18)12-1-2-14(26-5-12)19(22,23)24/h1-2,5-7,15H,3-4,8-11H2. The molecule has 0 bridgehead atoms. The quantitative estimate of drug-likeness (QED) is 0.582. The monoisotopic (exact) mass is 439 g/mol. The van der Waals surface area contributed by atoms with Gasteiger partial charge in [0.2, 0.25) is 0 Å². The second-order valence-electron chi connectivity index (χ2n) is 8.08. The van der Waals surface area contributed by atoms with Crippen molar-refractivity contribution >= 4 is 22.7 Å². The van der Waals surface area contributed by atoms with Gasteiger partial charge in [-0.2, -0.15) is 18.3 Å². The lowest BCUT2D eigenvalue weighted by Gasteiger charge is -2.48. The van der Waals surface area contributed by atoms with Crippen LogP contribution in [-0.2, 0) is 12.7 Å². The van der Waals surface area contributed by atoms with Crippen molar-refractivity contribution in [2.24, 2.45) is 5.41 Å². The Morgan fingerprint density at radius 1 is 1.00 bits per heavy atom. The molecule has 31 heavy (non-hydrogen) atoms. The lowest BCUT2D eigenvalue weighted by molar-refractivity contribution is -0.141. The van der Waals surface area contributed by atoms with Crippen molar-refractivity contribution in [2.45, 2.75) is 25.6 Å². The molecule has 0 saturated carbocycles. The molecular formula is C19H18F5N7. The third-order valence-electron chi connectivity index (χ3n) is 5.86. The van der Waals surface area contributed by atoms with Gasteiger partial charge in [-0.1, -0.05) is 0 Å². The van der Waals surface area contributed by atoms with E-state index in [9.17, 15) is 22.0 Å². The summed E-state index contributed by atoms with van der Waals surface area (Å²) in [5, 5.41) is 3.93. The minimum Gasteiger partial charge on any atom is -0.370 e. The van der Waals surface area contributed by atoms with E-state index in [1.165, 1.54) is 18.5 Å². The summed E-state index contributed by atoms with van der Waals surface area (Å²) in [7, 11) is 0. The Morgan fingerprint density at radius 3 is 2.45 bits per heavy atom. The molecule has 0 amide bonds. The van der Waals surface area contributed by atoms with Crippen molar-refractivity contribution in [2.75, 3.05) is 36.0 Å². The second-order valence-corrected chi connectivity index (χ2v) is 8.08. The van der Waals surface area contributed by atoms with E-state index in [2.05, 4.69) is 20.1 Å². The molecule has 0 aliphatic carbocycles. The molecule has 0 aromatic carbocycles. The number of anilines is 2. The van der Waals surface area contributed by atoms with Crippen LogP contribution in [0.15, 0.2) is 30.7 Å². The predicted octanol–water partition coefficient (Wildman–Crippen LogP) is 3.22. The molecule has 12 heteroatoms. The molecule has 2 aliphatic rings. The second kappa shape index (κ2) is 6.99. The Bertz CT molecular complexity index is 1090. The van der Waals surface area contributed by atoms with Gasteiger partial charge >= 0.3 is 6.18 Å². The Balaban J connectivity index is 1.26. The van der Waals surface area contributed by atoms with Crippen LogP contribution in [0, 0.1) is 5.41 Å². The third-order valence-corrected chi connectivity index (χ3v) is 5.86. The van der Waals surface area contributed by atoms with E-state index in [0.29, 0.717) is 42.3 Å². The molecule has 2 fully saturated rings. The Hall–Kier alpha value is -3.05. The van der Waals surface area contributed by atoms with Gasteiger partial charge in [0.05, 0.1) is 24.3 Å². The van der Waals surface area contributed by atoms with E-state index in [0.717, 1.165) is 23.7 Å². The van der Waals surface area contributed by atoms with Crippen LogP contribution in [0.5, 0.6) is 0 Å². The van der Waals surface area contributed by atoms with Crippen molar-refractivity contribution in [1.82, 2.24) is 24.7 Å². The highest BCUT2D eigenvalue weighted by molar-refractivity contribution is 5.71. The normalized spacial score (nSPS) is 18.4. The summed E-state index contributed by atoms with van der Waals surface area (Å²) in [6.45, 7) is 2.31. The van der Waals surface area contributed by atoms with E-state index >= 15 is 0 Å². The highest BCUT2D eigenvalue weighted by Gasteiger charge is 2.48. The fourth-order valence-electron chi connectivity index (χ4n) is 4.34. The Labute approximate surface area is 173 Å². The molecule has 7 nitrogen and oxygen atoms in total. The van der Waals surface area contributed by atoms with E-state index < -0.39 is 24.8 Å². The molecule has 0 radical (unpaired) electrons. The first-order valence-corrected chi connectivity index (χ1v) is 9.72. The summed E-state index contributed by atoms with van der Waals surface area (Å²) in [6.07, 6.45) is -1.81. The van der Waals surface area contributed by atoms with Crippen LogP contribution in [-0.4, -0.2) is 57.3 Å². The average molecular weight is 439 g/mol. The zero-order valence-electron chi connectivity index (χ0n) is 16.2. The molecule has 3 aromatic rings.